The normalized spacial score (nSPS) is 9.58. The Bertz CT molecular complexity index is 169. The van der Waals surface area contributed by atoms with Gasteiger partial charge in [-0.25, -0.2) is 0 Å². The minimum absolute atomic E-state index is 0.998. The molecule has 0 aliphatic rings. The fraction of sp³-hybridized carbons (Fsp3) is 0.500. The summed E-state index contributed by atoms with van der Waals surface area (Å²) in [5, 5.41) is 0. The minimum atomic E-state index is 0.998. The summed E-state index contributed by atoms with van der Waals surface area (Å²) in [6, 6.07) is 0. The van der Waals surface area contributed by atoms with E-state index in [0.29, 0.717) is 0 Å². The summed E-state index contributed by atoms with van der Waals surface area (Å²) < 4.78 is 0. The van der Waals surface area contributed by atoms with Crippen molar-refractivity contribution in [3.05, 3.63) is 24.2 Å². The van der Waals surface area contributed by atoms with Gasteiger partial charge in [0.2, 0.25) is 0 Å². The topological polar surface area (TPSA) is 15.6 Å². The summed E-state index contributed by atoms with van der Waals surface area (Å²) in [5.41, 5.74) is 2.04. The summed E-state index contributed by atoms with van der Waals surface area (Å²) >= 11 is 0. The Labute approximate surface area is 76.3 Å². The zero-order valence-electron chi connectivity index (χ0n) is 8.89. The molecule has 2 heteroatoms. The fourth-order valence-electron chi connectivity index (χ4n) is 0.520. The molecule has 0 aromatic carbocycles. The summed E-state index contributed by atoms with van der Waals surface area (Å²) in [7, 11) is 1.94. The van der Waals surface area contributed by atoms with Crippen molar-refractivity contribution < 1.29 is 0 Å². The molecule has 0 saturated heterocycles. The highest BCUT2D eigenvalue weighted by Gasteiger charge is 1.96. The van der Waals surface area contributed by atoms with Gasteiger partial charge in [0.05, 0.1) is 0 Å². The summed E-state index contributed by atoms with van der Waals surface area (Å²) in [6.07, 6.45) is 1.70. The van der Waals surface area contributed by atoms with Gasteiger partial charge in [0.15, 0.2) is 0 Å². The summed E-state index contributed by atoms with van der Waals surface area (Å²) in [6.45, 7) is 15.0. The standard InChI is InChI=1S/C8H14N2.C2H6/c1-7(2)10(5)8(3)6-9-4;1-2/h6H,1,4H2,2-3,5H3;1-2H3/b8-6+;. The van der Waals surface area contributed by atoms with Crippen molar-refractivity contribution in [2.24, 2.45) is 4.99 Å². The first-order valence-corrected chi connectivity index (χ1v) is 4.11. The van der Waals surface area contributed by atoms with Crippen molar-refractivity contribution in [3.8, 4) is 0 Å². The maximum atomic E-state index is 3.78. The van der Waals surface area contributed by atoms with Crippen molar-refractivity contribution in [2.75, 3.05) is 7.05 Å². The van der Waals surface area contributed by atoms with Crippen molar-refractivity contribution in [1.82, 2.24) is 4.90 Å². The molecule has 0 saturated carbocycles. The molecule has 2 nitrogen and oxygen atoms in total. The molecule has 0 atom stereocenters. The second kappa shape index (κ2) is 8.05. The van der Waals surface area contributed by atoms with Crippen LogP contribution in [0.25, 0.3) is 0 Å². The van der Waals surface area contributed by atoms with Gasteiger partial charge in [0.1, 0.15) is 0 Å². The van der Waals surface area contributed by atoms with Gasteiger partial charge >= 0.3 is 0 Å². The van der Waals surface area contributed by atoms with Gasteiger partial charge in [-0.2, -0.15) is 0 Å². The lowest BCUT2D eigenvalue weighted by molar-refractivity contribution is 0.522. The average Bonchev–Trinajstić information content (AvgIpc) is 2.07. The molecule has 70 valence electrons. The van der Waals surface area contributed by atoms with Crippen LogP contribution in [0, 0.1) is 0 Å². The van der Waals surface area contributed by atoms with Crippen LogP contribution in [0.3, 0.4) is 0 Å². The number of hydrogen-bond donors (Lipinski definition) is 0. The highest BCUT2D eigenvalue weighted by atomic mass is 15.1. The molecule has 0 bridgehead atoms. The molecule has 0 spiro atoms. The van der Waals surface area contributed by atoms with Gasteiger partial charge < -0.3 is 4.90 Å². The average molecular weight is 168 g/mol. The second-order valence-corrected chi connectivity index (χ2v) is 2.25. The van der Waals surface area contributed by atoms with Crippen LogP contribution in [0.15, 0.2) is 29.2 Å². The molecule has 12 heavy (non-hydrogen) atoms. The zero-order chi connectivity index (χ0) is 10.1. The van der Waals surface area contributed by atoms with Crippen LogP contribution in [-0.2, 0) is 0 Å². The van der Waals surface area contributed by atoms with E-state index in [4.69, 9.17) is 0 Å². The highest BCUT2D eigenvalue weighted by molar-refractivity contribution is 5.26. The van der Waals surface area contributed by atoms with E-state index in [2.05, 4.69) is 18.3 Å². The first kappa shape index (κ1) is 13.5. The van der Waals surface area contributed by atoms with E-state index in [-0.39, 0.29) is 0 Å². The number of nitrogens with zero attached hydrogens (tertiary/aromatic N) is 2. The van der Waals surface area contributed by atoms with Gasteiger partial charge in [-0.1, -0.05) is 20.4 Å². The Balaban J connectivity index is 0. The van der Waals surface area contributed by atoms with Crippen LogP contribution in [0.5, 0.6) is 0 Å². The van der Waals surface area contributed by atoms with Crippen LogP contribution < -0.4 is 0 Å². The van der Waals surface area contributed by atoms with Gasteiger partial charge in [-0.3, -0.25) is 4.99 Å². The van der Waals surface area contributed by atoms with Crippen molar-refractivity contribution in [1.29, 1.82) is 0 Å². The lowest BCUT2D eigenvalue weighted by Crippen LogP contribution is -2.11. The highest BCUT2D eigenvalue weighted by Crippen LogP contribution is 2.05. The number of hydrogen-bond acceptors (Lipinski definition) is 2. The van der Waals surface area contributed by atoms with E-state index < -0.39 is 0 Å². The van der Waals surface area contributed by atoms with Gasteiger partial charge in [-0.05, 0) is 20.6 Å². The maximum Gasteiger partial charge on any atom is 0.0452 e. The van der Waals surface area contributed by atoms with E-state index in [9.17, 15) is 0 Å². The molecule has 0 rings (SSSR count). The van der Waals surface area contributed by atoms with E-state index in [1.807, 2.05) is 39.6 Å². The van der Waals surface area contributed by atoms with Crippen LogP contribution in [0.4, 0.5) is 0 Å². The lowest BCUT2D eigenvalue weighted by atomic mass is 10.4. The minimum Gasteiger partial charge on any atom is -0.351 e. The molecule has 0 radical (unpaired) electrons. The predicted octanol–water partition coefficient (Wildman–Crippen LogP) is 3.04. The third-order valence-electron chi connectivity index (χ3n) is 1.38. The largest absolute Gasteiger partial charge is 0.351 e. The first-order valence-electron chi connectivity index (χ1n) is 4.11. The fourth-order valence-corrected chi connectivity index (χ4v) is 0.520. The quantitative estimate of drug-likeness (QED) is 0.591. The third kappa shape index (κ3) is 5.71. The third-order valence-corrected chi connectivity index (χ3v) is 1.38. The Morgan fingerprint density at radius 2 is 1.75 bits per heavy atom. The Morgan fingerprint density at radius 1 is 1.33 bits per heavy atom. The van der Waals surface area contributed by atoms with Crippen LogP contribution in [0.2, 0.25) is 0 Å². The van der Waals surface area contributed by atoms with Crippen LogP contribution in [-0.4, -0.2) is 18.7 Å². The lowest BCUT2D eigenvalue weighted by Gasteiger charge is -2.18. The number of aliphatic imine (C=N–C) groups is 1. The van der Waals surface area contributed by atoms with Crippen molar-refractivity contribution in [2.45, 2.75) is 27.7 Å². The van der Waals surface area contributed by atoms with Crippen molar-refractivity contribution >= 4 is 6.72 Å². The molecular weight excluding hydrogens is 148 g/mol. The molecule has 0 aliphatic carbocycles. The SMILES string of the molecule is C=N/C=C(\C)N(C)C(=C)C.CC. The Hall–Kier alpha value is -1.05. The van der Waals surface area contributed by atoms with E-state index in [1.165, 1.54) is 0 Å². The Morgan fingerprint density at radius 3 is 2.00 bits per heavy atom. The van der Waals surface area contributed by atoms with Gasteiger partial charge in [0.25, 0.3) is 0 Å². The maximum absolute atomic E-state index is 3.78. The molecule has 0 fully saturated rings. The Kier molecular flexibility index (Phi) is 9.08. The molecule has 0 aromatic heterocycles. The van der Waals surface area contributed by atoms with E-state index in [1.54, 1.807) is 6.20 Å². The molecule has 0 heterocycles. The zero-order valence-corrected chi connectivity index (χ0v) is 8.89. The van der Waals surface area contributed by atoms with E-state index >= 15 is 0 Å². The number of rotatable bonds is 3. The first-order chi connectivity index (χ1) is 5.59. The van der Waals surface area contributed by atoms with Crippen LogP contribution in [0.1, 0.15) is 27.7 Å². The second-order valence-electron chi connectivity index (χ2n) is 2.25. The molecule has 0 amide bonds. The molecular formula is C10H20N2. The molecule has 0 aliphatic heterocycles. The van der Waals surface area contributed by atoms with Gasteiger partial charge in [0, 0.05) is 24.6 Å². The summed E-state index contributed by atoms with van der Waals surface area (Å²) in [5.74, 6) is 0. The molecule has 0 N–H and O–H groups in total. The van der Waals surface area contributed by atoms with Gasteiger partial charge in [-0.15, -0.1) is 0 Å². The van der Waals surface area contributed by atoms with Crippen molar-refractivity contribution in [3.63, 3.8) is 0 Å². The summed E-state index contributed by atoms with van der Waals surface area (Å²) in [4.78, 5) is 5.60. The predicted molar refractivity (Wildman–Crippen MR) is 57.2 cm³/mol. The van der Waals surface area contributed by atoms with Crippen LogP contribution >= 0.6 is 0 Å². The smallest absolute Gasteiger partial charge is 0.0452 e. The number of allylic oxidation sites excluding steroid dienone is 2. The molecule has 0 unspecified atom stereocenters. The molecule has 0 aromatic rings. The van der Waals surface area contributed by atoms with E-state index in [0.717, 1.165) is 11.4 Å². The monoisotopic (exact) mass is 168 g/mol.